The van der Waals surface area contributed by atoms with Crippen molar-refractivity contribution in [1.29, 1.82) is 0 Å². The van der Waals surface area contributed by atoms with Crippen molar-refractivity contribution in [3.63, 3.8) is 0 Å². The molecule has 1 saturated carbocycles. The molecule has 0 aliphatic heterocycles. The first-order chi connectivity index (χ1) is 18.6. The first kappa shape index (κ1) is 30.3. The summed E-state index contributed by atoms with van der Waals surface area (Å²) in [5.74, 6) is 3.47. The van der Waals surface area contributed by atoms with E-state index in [2.05, 4.69) is 32.9 Å². The van der Waals surface area contributed by atoms with Crippen LogP contribution in [0, 0.1) is 11.8 Å². The topological polar surface area (TPSA) is 35.5 Å². The SMILES string of the molecule is CCCCCCCC1CCC(c2ccc(OC(=O)c3ccc(OCCCCCC(C)CC)cc3)cc2)CC1. The lowest BCUT2D eigenvalue weighted by atomic mass is 9.77. The van der Waals surface area contributed by atoms with Gasteiger partial charge in [-0.05, 0) is 91.8 Å². The highest BCUT2D eigenvalue weighted by Gasteiger charge is 2.22. The third-order valence-electron chi connectivity index (χ3n) is 8.52. The summed E-state index contributed by atoms with van der Waals surface area (Å²) in [7, 11) is 0. The Balaban J connectivity index is 1.35. The Labute approximate surface area is 232 Å². The Kier molecular flexibility index (Phi) is 13.8. The summed E-state index contributed by atoms with van der Waals surface area (Å²) < 4.78 is 11.5. The number of hydrogen-bond donors (Lipinski definition) is 0. The normalized spacial score (nSPS) is 18.2. The Morgan fingerprint density at radius 1 is 0.789 bits per heavy atom. The zero-order valence-electron chi connectivity index (χ0n) is 24.4. The summed E-state index contributed by atoms with van der Waals surface area (Å²) in [5.41, 5.74) is 1.93. The Hall–Kier alpha value is -2.29. The predicted octanol–water partition coefficient (Wildman–Crippen LogP) is 10.5. The fourth-order valence-corrected chi connectivity index (χ4v) is 5.65. The van der Waals surface area contributed by atoms with Gasteiger partial charge in [0, 0.05) is 0 Å². The van der Waals surface area contributed by atoms with Gasteiger partial charge in [0.05, 0.1) is 12.2 Å². The first-order valence-electron chi connectivity index (χ1n) is 15.6. The average molecular weight is 521 g/mol. The van der Waals surface area contributed by atoms with E-state index in [1.807, 2.05) is 24.3 Å². The minimum Gasteiger partial charge on any atom is -0.494 e. The third kappa shape index (κ3) is 10.8. The van der Waals surface area contributed by atoms with Crippen LogP contribution in [-0.4, -0.2) is 12.6 Å². The van der Waals surface area contributed by atoms with Crippen molar-refractivity contribution in [1.82, 2.24) is 0 Å². The van der Waals surface area contributed by atoms with Gasteiger partial charge in [-0.15, -0.1) is 0 Å². The van der Waals surface area contributed by atoms with Crippen LogP contribution < -0.4 is 9.47 Å². The van der Waals surface area contributed by atoms with Crippen molar-refractivity contribution in [2.75, 3.05) is 6.61 Å². The third-order valence-corrected chi connectivity index (χ3v) is 8.52. The van der Waals surface area contributed by atoms with Crippen LogP contribution in [0.3, 0.4) is 0 Å². The highest BCUT2D eigenvalue weighted by Crippen LogP contribution is 2.38. The molecule has 1 aliphatic rings. The molecule has 2 aromatic rings. The van der Waals surface area contributed by atoms with Crippen molar-refractivity contribution >= 4 is 5.97 Å². The first-order valence-corrected chi connectivity index (χ1v) is 15.6. The molecule has 0 heterocycles. The van der Waals surface area contributed by atoms with Crippen LogP contribution in [0.1, 0.15) is 139 Å². The second kappa shape index (κ2) is 17.3. The van der Waals surface area contributed by atoms with E-state index < -0.39 is 0 Å². The van der Waals surface area contributed by atoms with Crippen molar-refractivity contribution in [2.24, 2.45) is 11.8 Å². The largest absolute Gasteiger partial charge is 0.494 e. The standard InChI is InChI=1S/C35H52O3/c1-4-6-7-8-11-14-29-15-17-30(18-16-29)31-19-25-34(26-20-31)38-35(36)32-21-23-33(24-22-32)37-27-12-9-10-13-28(3)5-2/h19-26,28-30H,4-18,27H2,1-3H3. The minimum atomic E-state index is -0.325. The van der Waals surface area contributed by atoms with Crippen LogP contribution in [0.15, 0.2) is 48.5 Å². The van der Waals surface area contributed by atoms with Crippen molar-refractivity contribution in [2.45, 2.75) is 123 Å². The zero-order valence-corrected chi connectivity index (χ0v) is 24.4. The van der Waals surface area contributed by atoms with E-state index in [-0.39, 0.29) is 5.97 Å². The van der Waals surface area contributed by atoms with Gasteiger partial charge in [0.1, 0.15) is 11.5 Å². The van der Waals surface area contributed by atoms with Gasteiger partial charge in [0.25, 0.3) is 0 Å². The average Bonchev–Trinajstić information content (AvgIpc) is 2.95. The van der Waals surface area contributed by atoms with Gasteiger partial charge >= 0.3 is 5.97 Å². The number of carbonyl (C=O) groups excluding carboxylic acids is 1. The van der Waals surface area contributed by atoms with Crippen LogP contribution in [0.5, 0.6) is 11.5 Å². The number of benzene rings is 2. The minimum absolute atomic E-state index is 0.325. The summed E-state index contributed by atoms with van der Waals surface area (Å²) in [5, 5.41) is 0. The molecular weight excluding hydrogens is 468 g/mol. The molecule has 1 unspecified atom stereocenters. The van der Waals surface area contributed by atoms with Crippen molar-refractivity contribution in [3.8, 4) is 11.5 Å². The van der Waals surface area contributed by atoms with Crippen LogP contribution in [0.25, 0.3) is 0 Å². The highest BCUT2D eigenvalue weighted by atomic mass is 16.5. The second-order valence-electron chi connectivity index (χ2n) is 11.6. The lowest BCUT2D eigenvalue weighted by Crippen LogP contribution is -2.13. The number of carbonyl (C=O) groups is 1. The van der Waals surface area contributed by atoms with Gasteiger partial charge in [-0.2, -0.15) is 0 Å². The molecule has 3 heteroatoms. The smallest absolute Gasteiger partial charge is 0.343 e. The number of unbranched alkanes of at least 4 members (excludes halogenated alkanes) is 6. The van der Waals surface area contributed by atoms with Gasteiger partial charge in [-0.25, -0.2) is 4.79 Å². The zero-order chi connectivity index (χ0) is 27.0. The molecule has 0 saturated heterocycles. The molecule has 38 heavy (non-hydrogen) atoms. The van der Waals surface area contributed by atoms with E-state index >= 15 is 0 Å². The van der Waals surface area contributed by atoms with Gasteiger partial charge in [-0.3, -0.25) is 0 Å². The fourth-order valence-electron chi connectivity index (χ4n) is 5.65. The van der Waals surface area contributed by atoms with E-state index in [9.17, 15) is 4.79 Å². The maximum Gasteiger partial charge on any atom is 0.343 e. The van der Waals surface area contributed by atoms with E-state index in [1.165, 1.54) is 95.5 Å². The van der Waals surface area contributed by atoms with E-state index in [1.54, 1.807) is 12.1 Å². The molecule has 2 aromatic carbocycles. The maximum absolute atomic E-state index is 12.6. The Morgan fingerprint density at radius 3 is 2.13 bits per heavy atom. The number of ether oxygens (including phenoxy) is 2. The predicted molar refractivity (Wildman–Crippen MR) is 159 cm³/mol. The number of esters is 1. The molecule has 210 valence electrons. The van der Waals surface area contributed by atoms with Gasteiger partial charge in [0.2, 0.25) is 0 Å². The Bertz CT molecular complexity index is 894. The molecule has 1 atom stereocenters. The molecule has 1 fully saturated rings. The van der Waals surface area contributed by atoms with Gasteiger partial charge in [-0.1, -0.05) is 97.1 Å². The molecular formula is C35H52O3. The maximum atomic E-state index is 12.6. The summed E-state index contributed by atoms with van der Waals surface area (Å²) in [6, 6.07) is 15.5. The Morgan fingerprint density at radius 2 is 1.45 bits per heavy atom. The fraction of sp³-hybridized carbons (Fsp3) is 0.629. The molecule has 0 amide bonds. The lowest BCUT2D eigenvalue weighted by Gasteiger charge is -2.29. The molecule has 3 nitrogen and oxygen atoms in total. The molecule has 0 radical (unpaired) electrons. The van der Waals surface area contributed by atoms with Crippen LogP contribution >= 0.6 is 0 Å². The molecule has 0 N–H and O–H groups in total. The van der Waals surface area contributed by atoms with Crippen LogP contribution in [-0.2, 0) is 0 Å². The van der Waals surface area contributed by atoms with Crippen LogP contribution in [0.2, 0.25) is 0 Å². The summed E-state index contributed by atoms with van der Waals surface area (Å²) in [4.78, 5) is 12.6. The van der Waals surface area contributed by atoms with Gasteiger partial charge in [0.15, 0.2) is 0 Å². The highest BCUT2D eigenvalue weighted by molar-refractivity contribution is 5.91. The molecule has 0 bridgehead atoms. The van der Waals surface area contributed by atoms with E-state index in [0.29, 0.717) is 17.2 Å². The van der Waals surface area contributed by atoms with Crippen LogP contribution in [0.4, 0.5) is 0 Å². The molecule has 0 spiro atoms. The monoisotopic (exact) mass is 520 g/mol. The van der Waals surface area contributed by atoms with E-state index in [4.69, 9.17) is 9.47 Å². The van der Waals surface area contributed by atoms with Gasteiger partial charge < -0.3 is 9.47 Å². The van der Waals surface area contributed by atoms with Crippen molar-refractivity contribution in [3.05, 3.63) is 59.7 Å². The molecule has 1 aliphatic carbocycles. The summed E-state index contributed by atoms with van der Waals surface area (Å²) in [6.45, 7) is 7.58. The van der Waals surface area contributed by atoms with Crippen molar-refractivity contribution < 1.29 is 14.3 Å². The number of rotatable bonds is 17. The van der Waals surface area contributed by atoms with E-state index in [0.717, 1.165) is 30.6 Å². The quantitative estimate of drug-likeness (QED) is 0.118. The number of hydrogen-bond acceptors (Lipinski definition) is 3. The molecule has 3 rings (SSSR count). The summed E-state index contributed by atoms with van der Waals surface area (Å²) in [6.07, 6.45) is 19.7. The summed E-state index contributed by atoms with van der Waals surface area (Å²) >= 11 is 0. The lowest BCUT2D eigenvalue weighted by molar-refractivity contribution is 0.0734. The second-order valence-corrected chi connectivity index (χ2v) is 11.6. The molecule has 0 aromatic heterocycles.